The quantitative estimate of drug-likeness (QED) is 0.730. The van der Waals surface area contributed by atoms with Crippen LogP contribution in [-0.4, -0.2) is 60.4 Å². The molecule has 120 valence electrons. The van der Waals surface area contributed by atoms with E-state index in [-0.39, 0.29) is 11.8 Å². The summed E-state index contributed by atoms with van der Waals surface area (Å²) in [5.74, 6) is -0.696. The van der Waals surface area contributed by atoms with Gasteiger partial charge in [-0.3, -0.25) is 9.59 Å². The van der Waals surface area contributed by atoms with Crippen molar-refractivity contribution < 1.29 is 19.1 Å². The van der Waals surface area contributed by atoms with Crippen molar-refractivity contribution in [3.05, 3.63) is 0 Å². The fourth-order valence-corrected chi connectivity index (χ4v) is 2.45. The van der Waals surface area contributed by atoms with Crippen molar-refractivity contribution in [2.45, 2.75) is 52.6 Å². The molecule has 6 heteroatoms. The number of amides is 2. The highest BCUT2D eigenvalue weighted by Gasteiger charge is 2.40. The molecule has 0 aromatic heterocycles. The molecule has 0 aromatic carbocycles. The fraction of sp³-hybridized carbons (Fsp3) is 0.800. The van der Waals surface area contributed by atoms with E-state index in [0.717, 1.165) is 6.42 Å². The molecule has 1 rings (SSSR count). The Kier molecular flexibility index (Phi) is 5.36. The molecule has 0 bridgehead atoms. The van der Waals surface area contributed by atoms with Gasteiger partial charge in [-0.25, -0.2) is 4.79 Å². The summed E-state index contributed by atoms with van der Waals surface area (Å²) in [4.78, 5) is 39.6. The average molecular weight is 298 g/mol. The van der Waals surface area contributed by atoms with E-state index >= 15 is 0 Å². The minimum absolute atomic E-state index is 0.0301. The van der Waals surface area contributed by atoms with Crippen molar-refractivity contribution >= 4 is 17.8 Å². The van der Waals surface area contributed by atoms with Crippen LogP contribution in [0.4, 0.5) is 0 Å². The van der Waals surface area contributed by atoms with Gasteiger partial charge in [0.25, 0.3) is 0 Å². The maximum absolute atomic E-state index is 12.6. The number of esters is 1. The number of hydrogen-bond donors (Lipinski definition) is 0. The predicted octanol–water partition coefficient (Wildman–Crippen LogP) is 1.04. The monoisotopic (exact) mass is 298 g/mol. The molecule has 0 radical (unpaired) electrons. The van der Waals surface area contributed by atoms with Crippen LogP contribution in [0.5, 0.6) is 0 Å². The minimum atomic E-state index is -0.658. The number of likely N-dealkylation sites (tertiary alicyclic amines) is 1. The van der Waals surface area contributed by atoms with Crippen molar-refractivity contribution in [2.75, 3.05) is 20.7 Å². The first kappa shape index (κ1) is 17.5. The van der Waals surface area contributed by atoms with Crippen LogP contribution in [0, 0.1) is 5.41 Å². The first-order chi connectivity index (χ1) is 9.61. The van der Waals surface area contributed by atoms with Crippen LogP contribution in [0.3, 0.4) is 0 Å². The molecule has 1 aliphatic rings. The first-order valence-corrected chi connectivity index (χ1v) is 7.26. The summed E-state index contributed by atoms with van der Waals surface area (Å²) in [6, 6.07) is -1.14. The topological polar surface area (TPSA) is 66.9 Å². The van der Waals surface area contributed by atoms with Gasteiger partial charge in [-0.2, -0.15) is 0 Å². The van der Waals surface area contributed by atoms with Gasteiger partial charge in [0.05, 0.1) is 7.11 Å². The molecule has 1 fully saturated rings. The van der Waals surface area contributed by atoms with E-state index in [1.807, 2.05) is 20.8 Å². The first-order valence-electron chi connectivity index (χ1n) is 7.26. The van der Waals surface area contributed by atoms with Crippen LogP contribution >= 0.6 is 0 Å². The van der Waals surface area contributed by atoms with Crippen molar-refractivity contribution in [3.63, 3.8) is 0 Å². The van der Waals surface area contributed by atoms with Gasteiger partial charge in [-0.05, 0) is 19.8 Å². The number of hydrogen-bond acceptors (Lipinski definition) is 4. The van der Waals surface area contributed by atoms with Crippen molar-refractivity contribution in [1.82, 2.24) is 9.80 Å². The zero-order valence-corrected chi connectivity index (χ0v) is 13.8. The van der Waals surface area contributed by atoms with Gasteiger partial charge >= 0.3 is 5.97 Å². The van der Waals surface area contributed by atoms with E-state index in [0.29, 0.717) is 13.0 Å². The minimum Gasteiger partial charge on any atom is -0.467 e. The van der Waals surface area contributed by atoms with Gasteiger partial charge in [0.15, 0.2) is 0 Å². The van der Waals surface area contributed by atoms with E-state index in [1.165, 1.54) is 12.0 Å². The average Bonchev–Trinajstić information content (AvgIpc) is 2.91. The normalized spacial score (nSPS) is 20.1. The summed E-state index contributed by atoms with van der Waals surface area (Å²) in [5, 5.41) is 0. The van der Waals surface area contributed by atoms with Crippen LogP contribution in [-0.2, 0) is 19.1 Å². The van der Waals surface area contributed by atoms with Gasteiger partial charge in [-0.15, -0.1) is 0 Å². The standard InChI is InChI=1S/C15H26N2O4/c1-10(13(19)21-6)16(5)12(18)11-8-7-9-17(11)14(20)15(2,3)4/h10-11H,7-9H2,1-6H3. The fourth-order valence-electron chi connectivity index (χ4n) is 2.45. The van der Waals surface area contributed by atoms with Crippen LogP contribution in [0.1, 0.15) is 40.5 Å². The van der Waals surface area contributed by atoms with Crippen molar-refractivity contribution in [1.29, 1.82) is 0 Å². The third kappa shape index (κ3) is 3.74. The second kappa shape index (κ2) is 6.45. The van der Waals surface area contributed by atoms with E-state index < -0.39 is 23.5 Å². The Morgan fingerprint density at radius 1 is 1.29 bits per heavy atom. The maximum Gasteiger partial charge on any atom is 0.328 e. The molecular weight excluding hydrogens is 272 g/mol. The van der Waals surface area contributed by atoms with Crippen LogP contribution in [0.2, 0.25) is 0 Å². The Bertz CT molecular complexity index is 428. The highest BCUT2D eigenvalue weighted by molar-refractivity contribution is 5.92. The van der Waals surface area contributed by atoms with Gasteiger partial charge in [0.1, 0.15) is 12.1 Å². The molecule has 1 saturated heterocycles. The summed E-state index contributed by atoms with van der Waals surface area (Å²) in [6.45, 7) is 7.74. The zero-order chi connectivity index (χ0) is 16.4. The Hall–Kier alpha value is -1.59. The number of methoxy groups -OCH3 is 1. The molecule has 0 N–H and O–H groups in total. The molecule has 0 saturated carbocycles. The van der Waals surface area contributed by atoms with Crippen LogP contribution in [0.25, 0.3) is 0 Å². The maximum atomic E-state index is 12.6. The Labute approximate surface area is 126 Å². The molecule has 0 spiro atoms. The molecule has 1 aliphatic heterocycles. The summed E-state index contributed by atoms with van der Waals surface area (Å²) >= 11 is 0. The van der Waals surface area contributed by atoms with Crippen LogP contribution in [0.15, 0.2) is 0 Å². The van der Waals surface area contributed by atoms with Gasteiger partial charge in [0.2, 0.25) is 11.8 Å². The molecule has 6 nitrogen and oxygen atoms in total. The van der Waals surface area contributed by atoms with E-state index in [1.54, 1.807) is 18.9 Å². The largest absolute Gasteiger partial charge is 0.467 e. The van der Waals surface area contributed by atoms with Crippen molar-refractivity contribution in [3.8, 4) is 0 Å². The number of likely N-dealkylation sites (N-methyl/N-ethyl adjacent to an activating group) is 1. The molecule has 2 unspecified atom stereocenters. The van der Waals surface area contributed by atoms with E-state index in [2.05, 4.69) is 4.74 Å². The second-order valence-corrected chi connectivity index (χ2v) is 6.55. The van der Waals surface area contributed by atoms with E-state index in [9.17, 15) is 14.4 Å². The number of carbonyl (C=O) groups is 3. The number of ether oxygens (including phenoxy) is 1. The second-order valence-electron chi connectivity index (χ2n) is 6.55. The Morgan fingerprint density at radius 2 is 1.86 bits per heavy atom. The summed E-state index contributed by atoms with van der Waals surface area (Å²) in [6.07, 6.45) is 1.44. The zero-order valence-electron chi connectivity index (χ0n) is 13.8. The molecule has 1 heterocycles. The number of carbonyl (C=O) groups excluding carboxylic acids is 3. The lowest BCUT2D eigenvalue weighted by atomic mass is 9.94. The lowest BCUT2D eigenvalue weighted by Gasteiger charge is -2.33. The molecule has 2 atom stereocenters. The summed E-state index contributed by atoms with van der Waals surface area (Å²) in [5.41, 5.74) is -0.518. The van der Waals surface area contributed by atoms with Gasteiger partial charge in [0, 0.05) is 19.0 Å². The molecule has 0 aromatic rings. The van der Waals surface area contributed by atoms with E-state index in [4.69, 9.17) is 0 Å². The van der Waals surface area contributed by atoms with Crippen LogP contribution < -0.4 is 0 Å². The van der Waals surface area contributed by atoms with Gasteiger partial charge < -0.3 is 14.5 Å². The SMILES string of the molecule is COC(=O)C(C)N(C)C(=O)C1CCCN1C(=O)C(C)(C)C. The summed E-state index contributed by atoms with van der Waals surface area (Å²) < 4.78 is 4.66. The molecule has 2 amide bonds. The molecular formula is C15H26N2O4. The highest BCUT2D eigenvalue weighted by Crippen LogP contribution is 2.26. The highest BCUT2D eigenvalue weighted by atomic mass is 16.5. The third-order valence-corrected chi connectivity index (χ3v) is 3.91. The third-order valence-electron chi connectivity index (χ3n) is 3.91. The Morgan fingerprint density at radius 3 is 2.33 bits per heavy atom. The lowest BCUT2D eigenvalue weighted by molar-refractivity contribution is -0.154. The number of nitrogens with zero attached hydrogens (tertiary/aromatic N) is 2. The smallest absolute Gasteiger partial charge is 0.328 e. The summed E-state index contributed by atoms with van der Waals surface area (Å²) in [7, 11) is 2.87. The molecule has 0 aliphatic carbocycles. The van der Waals surface area contributed by atoms with Crippen molar-refractivity contribution in [2.24, 2.45) is 5.41 Å². The van der Waals surface area contributed by atoms with Gasteiger partial charge in [-0.1, -0.05) is 20.8 Å². The lowest BCUT2D eigenvalue weighted by Crippen LogP contribution is -2.52. The predicted molar refractivity (Wildman–Crippen MR) is 78.4 cm³/mol. The Balaban J connectivity index is 2.86. The molecule has 21 heavy (non-hydrogen) atoms. The number of rotatable bonds is 3.